The van der Waals surface area contributed by atoms with E-state index in [9.17, 15) is 4.39 Å². The van der Waals surface area contributed by atoms with Crippen LogP contribution in [0.25, 0.3) is 5.69 Å². The Balaban J connectivity index is 1.50. The number of halogens is 1. The van der Waals surface area contributed by atoms with Gasteiger partial charge in [-0.2, -0.15) is 5.10 Å². The first-order valence-corrected chi connectivity index (χ1v) is 9.68. The molecule has 0 unspecified atom stereocenters. The summed E-state index contributed by atoms with van der Waals surface area (Å²) >= 11 is 0. The maximum absolute atomic E-state index is 13.2. The molecule has 0 aliphatic carbocycles. The van der Waals surface area contributed by atoms with Gasteiger partial charge in [-0.05, 0) is 31.2 Å². The van der Waals surface area contributed by atoms with Crippen molar-refractivity contribution in [1.29, 1.82) is 0 Å². The molecule has 1 aromatic carbocycles. The molecule has 1 aliphatic rings. The van der Waals surface area contributed by atoms with Gasteiger partial charge in [-0.3, -0.25) is 4.90 Å². The number of aryl methyl sites for hydroxylation is 1. The maximum Gasteiger partial charge on any atom is 0.133 e. The topological polar surface area (TPSA) is 46.8 Å². The normalized spacial score (nSPS) is 14.9. The molecule has 0 saturated heterocycles. The van der Waals surface area contributed by atoms with Gasteiger partial charge in [0.15, 0.2) is 0 Å². The van der Waals surface area contributed by atoms with E-state index in [0.717, 1.165) is 43.3 Å². The van der Waals surface area contributed by atoms with Crippen molar-refractivity contribution in [3.05, 3.63) is 70.8 Å². The number of benzene rings is 1. The first-order valence-electron chi connectivity index (χ1n) is 9.68. The second kappa shape index (κ2) is 7.09. The largest absolute Gasteiger partial charge is 0.294 e. The summed E-state index contributed by atoms with van der Waals surface area (Å²) in [5, 5.41) is 4.60. The summed E-state index contributed by atoms with van der Waals surface area (Å²) in [5.74, 6) is 0.674. The molecule has 0 radical (unpaired) electrons. The van der Waals surface area contributed by atoms with Crippen LogP contribution in [0.4, 0.5) is 4.39 Å². The number of rotatable bonds is 3. The fourth-order valence-corrected chi connectivity index (χ4v) is 3.49. The van der Waals surface area contributed by atoms with Crippen LogP contribution in [0.5, 0.6) is 0 Å². The Bertz CT molecular complexity index is 985. The minimum Gasteiger partial charge on any atom is -0.294 e. The first-order chi connectivity index (χ1) is 13.3. The maximum atomic E-state index is 13.2. The van der Waals surface area contributed by atoms with E-state index < -0.39 is 0 Å². The van der Waals surface area contributed by atoms with Crippen molar-refractivity contribution < 1.29 is 4.39 Å². The molecule has 146 valence electrons. The molecule has 0 amide bonds. The van der Waals surface area contributed by atoms with Crippen LogP contribution in [0.1, 0.15) is 49.1 Å². The van der Waals surface area contributed by atoms with Gasteiger partial charge < -0.3 is 0 Å². The third-order valence-electron chi connectivity index (χ3n) is 5.17. The van der Waals surface area contributed by atoms with E-state index in [1.165, 1.54) is 29.0 Å². The lowest BCUT2D eigenvalue weighted by molar-refractivity contribution is 0.241. The van der Waals surface area contributed by atoms with Gasteiger partial charge in [0.25, 0.3) is 0 Å². The Hall–Kier alpha value is -2.60. The molecule has 0 atom stereocenters. The minimum absolute atomic E-state index is 0.0296. The fourth-order valence-electron chi connectivity index (χ4n) is 3.49. The number of fused-ring (bicyclic) bond motifs is 1. The van der Waals surface area contributed by atoms with E-state index in [1.807, 2.05) is 24.0 Å². The van der Waals surface area contributed by atoms with E-state index in [2.05, 4.69) is 35.8 Å². The standard InChI is InChI=1S/C22H26FN5/c1-15-17(14-28(26-15)19-7-5-18(23)6-8-19)13-27-10-9-20-16(12-27)11-24-21(25-20)22(2,3)4/h5-8,11,14H,9-10,12-13H2,1-4H3. The Kier molecular flexibility index (Phi) is 4.75. The second-order valence-corrected chi connectivity index (χ2v) is 8.54. The van der Waals surface area contributed by atoms with Crippen LogP contribution in [-0.4, -0.2) is 31.2 Å². The van der Waals surface area contributed by atoms with Crippen molar-refractivity contribution in [2.24, 2.45) is 0 Å². The molecule has 0 bridgehead atoms. The van der Waals surface area contributed by atoms with Crippen LogP contribution in [-0.2, 0) is 24.9 Å². The molecule has 28 heavy (non-hydrogen) atoms. The Morgan fingerprint density at radius 2 is 1.89 bits per heavy atom. The Morgan fingerprint density at radius 1 is 1.14 bits per heavy atom. The predicted octanol–water partition coefficient (Wildman–Crippen LogP) is 3.97. The van der Waals surface area contributed by atoms with Crippen LogP contribution in [0.2, 0.25) is 0 Å². The van der Waals surface area contributed by atoms with E-state index in [1.54, 1.807) is 12.1 Å². The van der Waals surface area contributed by atoms with Gasteiger partial charge in [-0.1, -0.05) is 20.8 Å². The highest BCUT2D eigenvalue weighted by Crippen LogP contribution is 2.24. The molecule has 5 nitrogen and oxygen atoms in total. The third kappa shape index (κ3) is 3.83. The molecule has 0 spiro atoms. The van der Waals surface area contributed by atoms with Gasteiger partial charge in [0.1, 0.15) is 11.6 Å². The minimum atomic E-state index is -0.239. The lowest BCUT2D eigenvalue weighted by atomic mass is 9.95. The van der Waals surface area contributed by atoms with Gasteiger partial charge in [-0.25, -0.2) is 19.0 Å². The van der Waals surface area contributed by atoms with Gasteiger partial charge in [-0.15, -0.1) is 0 Å². The summed E-state index contributed by atoms with van der Waals surface area (Å²) in [6, 6.07) is 6.40. The summed E-state index contributed by atoms with van der Waals surface area (Å²) in [4.78, 5) is 11.8. The summed E-state index contributed by atoms with van der Waals surface area (Å²) in [6.45, 7) is 11.1. The molecule has 3 heterocycles. The van der Waals surface area contributed by atoms with Crippen molar-refractivity contribution in [3.8, 4) is 5.69 Å². The van der Waals surface area contributed by atoms with Gasteiger partial charge in [0.05, 0.1) is 11.4 Å². The van der Waals surface area contributed by atoms with Crippen LogP contribution in [0, 0.1) is 12.7 Å². The zero-order valence-corrected chi connectivity index (χ0v) is 16.9. The molecule has 3 aromatic rings. The zero-order valence-electron chi connectivity index (χ0n) is 16.9. The fraction of sp³-hybridized carbons (Fsp3) is 0.409. The quantitative estimate of drug-likeness (QED) is 0.691. The average Bonchev–Trinajstić information content (AvgIpc) is 3.01. The van der Waals surface area contributed by atoms with Gasteiger partial charge >= 0.3 is 0 Å². The molecular weight excluding hydrogens is 353 g/mol. The molecule has 4 rings (SSSR count). The molecule has 0 saturated carbocycles. The van der Waals surface area contributed by atoms with E-state index in [-0.39, 0.29) is 11.2 Å². The van der Waals surface area contributed by atoms with Crippen molar-refractivity contribution >= 4 is 0 Å². The monoisotopic (exact) mass is 379 g/mol. The number of nitrogens with zero attached hydrogens (tertiary/aromatic N) is 5. The number of hydrogen-bond acceptors (Lipinski definition) is 4. The van der Waals surface area contributed by atoms with Crippen molar-refractivity contribution in [3.63, 3.8) is 0 Å². The Labute approximate surface area is 165 Å². The third-order valence-corrected chi connectivity index (χ3v) is 5.17. The first kappa shape index (κ1) is 18.7. The number of aromatic nitrogens is 4. The summed E-state index contributed by atoms with van der Waals surface area (Å²) < 4.78 is 15.0. The summed E-state index contributed by atoms with van der Waals surface area (Å²) in [6.07, 6.45) is 4.97. The highest BCUT2D eigenvalue weighted by molar-refractivity contribution is 5.33. The molecule has 0 N–H and O–H groups in total. The summed E-state index contributed by atoms with van der Waals surface area (Å²) in [5.41, 5.74) is 5.40. The molecule has 0 fully saturated rings. The van der Waals surface area contributed by atoms with Gasteiger partial charge in [0, 0.05) is 60.7 Å². The van der Waals surface area contributed by atoms with Gasteiger partial charge in [0.2, 0.25) is 0 Å². The van der Waals surface area contributed by atoms with Crippen LogP contribution in [0.15, 0.2) is 36.7 Å². The van der Waals surface area contributed by atoms with Crippen LogP contribution >= 0.6 is 0 Å². The highest BCUT2D eigenvalue weighted by atomic mass is 19.1. The van der Waals surface area contributed by atoms with Crippen LogP contribution < -0.4 is 0 Å². The lowest BCUT2D eigenvalue weighted by Gasteiger charge is -2.29. The van der Waals surface area contributed by atoms with E-state index in [0.29, 0.717) is 0 Å². The SMILES string of the molecule is Cc1nn(-c2ccc(F)cc2)cc1CN1CCc2nc(C(C)(C)C)ncc2C1. The van der Waals surface area contributed by atoms with E-state index in [4.69, 9.17) is 4.98 Å². The predicted molar refractivity (Wildman–Crippen MR) is 107 cm³/mol. The van der Waals surface area contributed by atoms with Crippen molar-refractivity contribution in [2.45, 2.75) is 52.6 Å². The van der Waals surface area contributed by atoms with Crippen molar-refractivity contribution in [1.82, 2.24) is 24.6 Å². The van der Waals surface area contributed by atoms with E-state index >= 15 is 0 Å². The Morgan fingerprint density at radius 3 is 2.61 bits per heavy atom. The molecule has 2 aromatic heterocycles. The lowest BCUT2D eigenvalue weighted by Crippen LogP contribution is -2.32. The molecular formula is C22H26FN5. The smallest absolute Gasteiger partial charge is 0.133 e. The van der Waals surface area contributed by atoms with Crippen molar-refractivity contribution in [2.75, 3.05) is 6.54 Å². The number of hydrogen-bond donors (Lipinski definition) is 0. The molecule has 1 aliphatic heterocycles. The second-order valence-electron chi connectivity index (χ2n) is 8.54. The zero-order chi connectivity index (χ0) is 19.9. The van der Waals surface area contributed by atoms with Crippen LogP contribution in [0.3, 0.4) is 0 Å². The average molecular weight is 379 g/mol. The molecule has 6 heteroatoms. The summed E-state index contributed by atoms with van der Waals surface area (Å²) in [7, 11) is 0. The highest BCUT2D eigenvalue weighted by Gasteiger charge is 2.23.